The fourth-order valence-corrected chi connectivity index (χ4v) is 3.27. The number of phenolic OH excluding ortho intramolecular Hbond substituents is 1. The van der Waals surface area contributed by atoms with Crippen LogP contribution in [0.4, 0.5) is 13.6 Å². The third kappa shape index (κ3) is 7.09. The van der Waals surface area contributed by atoms with Gasteiger partial charge in [0.15, 0.2) is 6.10 Å². The summed E-state index contributed by atoms with van der Waals surface area (Å²) in [7, 11) is 0. The van der Waals surface area contributed by atoms with Crippen molar-refractivity contribution >= 4 is 17.8 Å². The van der Waals surface area contributed by atoms with E-state index in [-0.39, 0.29) is 25.6 Å². The Kier molecular flexibility index (Phi) is 9.07. The summed E-state index contributed by atoms with van der Waals surface area (Å²) in [5.74, 6) is -3.59. The number of hydrogen-bond acceptors (Lipinski definition) is 5. The number of benzene rings is 3. The second-order valence-corrected chi connectivity index (χ2v) is 7.61. The van der Waals surface area contributed by atoms with Crippen molar-refractivity contribution in [1.82, 2.24) is 5.32 Å². The lowest BCUT2D eigenvalue weighted by Crippen LogP contribution is -2.31. The Morgan fingerprint density at radius 2 is 1.67 bits per heavy atom. The molecule has 0 aliphatic heterocycles. The molecular formula is C26H25F2N3O5. The molecule has 0 radical (unpaired) electrons. The van der Waals surface area contributed by atoms with Gasteiger partial charge in [-0.05, 0) is 18.1 Å². The van der Waals surface area contributed by atoms with E-state index >= 15 is 0 Å². The minimum atomic E-state index is -1.54. The summed E-state index contributed by atoms with van der Waals surface area (Å²) >= 11 is 0. The Balaban J connectivity index is 1.60. The van der Waals surface area contributed by atoms with Crippen LogP contribution in [0, 0.1) is 11.6 Å². The summed E-state index contributed by atoms with van der Waals surface area (Å²) in [6.45, 7) is 1.70. The molecule has 0 saturated heterocycles. The number of phenols is 1. The maximum absolute atomic E-state index is 14.2. The molecule has 2 amide bonds. The van der Waals surface area contributed by atoms with Crippen molar-refractivity contribution in [2.24, 2.45) is 10.7 Å². The molecule has 0 spiro atoms. The highest BCUT2D eigenvalue weighted by molar-refractivity contribution is 6.02. The summed E-state index contributed by atoms with van der Waals surface area (Å²) in [6, 6.07) is 17.0. The monoisotopic (exact) mass is 497 g/mol. The molecule has 0 saturated carbocycles. The average molecular weight is 497 g/mol. The first-order valence-corrected chi connectivity index (χ1v) is 11.0. The number of nitrogens with two attached hydrogens (primary N) is 1. The van der Waals surface area contributed by atoms with Gasteiger partial charge in [-0.2, -0.15) is 4.99 Å². The average Bonchev–Trinajstić information content (AvgIpc) is 2.86. The number of rotatable bonds is 9. The van der Waals surface area contributed by atoms with E-state index in [1.807, 2.05) is 30.3 Å². The predicted octanol–water partition coefficient (Wildman–Crippen LogP) is 4.11. The van der Waals surface area contributed by atoms with E-state index in [1.54, 1.807) is 31.2 Å². The van der Waals surface area contributed by atoms with Gasteiger partial charge in [0.05, 0.1) is 5.56 Å². The number of halogens is 2. The highest BCUT2D eigenvalue weighted by Crippen LogP contribution is 2.28. The number of carbonyl (C=O) groups is 2. The lowest BCUT2D eigenvalue weighted by atomic mass is 10.1. The van der Waals surface area contributed by atoms with E-state index < -0.39 is 41.1 Å². The summed E-state index contributed by atoms with van der Waals surface area (Å²) in [5.41, 5.74) is 7.22. The molecule has 3 aromatic carbocycles. The fourth-order valence-electron chi connectivity index (χ4n) is 3.27. The maximum Gasteiger partial charge on any atom is 0.435 e. The number of aromatic hydroxyl groups is 1. The standard InChI is InChI=1S/C26H25F2N3O5/c1-2-35-23(22-20(27)12-19(32)13-21(22)28)25(33)30-14-16-8-10-18(11-9-16)24(29)31-26(34)36-15-17-6-4-3-5-7-17/h3-13,23,32H,2,14-15H2,1H3,(H,30,33)(H2,29,31,34). The number of hydrogen-bond donors (Lipinski definition) is 3. The first-order valence-electron chi connectivity index (χ1n) is 11.0. The number of nitrogens with zero attached hydrogens (tertiary/aromatic N) is 1. The second kappa shape index (κ2) is 12.4. The van der Waals surface area contributed by atoms with Crippen LogP contribution in [-0.4, -0.2) is 29.5 Å². The van der Waals surface area contributed by atoms with Gasteiger partial charge < -0.3 is 25.6 Å². The molecular weight excluding hydrogens is 472 g/mol. The molecule has 0 fully saturated rings. The molecule has 0 aromatic heterocycles. The largest absolute Gasteiger partial charge is 0.508 e. The molecule has 0 bridgehead atoms. The molecule has 0 aliphatic carbocycles. The van der Waals surface area contributed by atoms with Crippen molar-refractivity contribution < 1.29 is 33.0 Å². The van der Waals surface area contributed by atoms with Crippen molar-refractivity contribution in [3.05, 3.63) is 101 Å². The van der Waals surface area contributed by atoms with E-state index in [9.17, 15) is 23.5 Å². The van der Waals surface area contributed by atoms with Gasteiger partial charge in [-0.3, -0.25) is 4.79 Å². The number of carbonyl (C=O) groups excluding carboxylic acids is 2. The first-order chi connectivity index (χ1) is 17.3. The summed E-state index contributed by atoms with van der Waals surface area (Å²) in [4.78, 5) is 28.3. The van der Waals surface area contributed by atoms with Crippen LogP contribution in [0.25, 0.3) is 0 Å². The van der Waals surface area contributed by atoms with Gasteiger partial charge in [0, 0.05) is 30.8 Å². The van der Waals surface area contributed by atoms with Gasteiger partial charge in [0.2, 0.25) is 0 Å². The molecule has 1 atom stereocenters. The molecule has 8 nitrogen and oxygen atoms in total. The van der Waals surface area contributed by atoms with Crippen LogP contribution in [0.2, 0.25) is 0 Å². The molecule has 0 heterocycles. The zero-order chi connectivity index (χ0) is 26.1. The maximum atomic E-state index is 14.2. The van der Waals surface area contributed by atoms with Gasteiger partial charge in [-0.25, -0.2) is 13.6 Å². The predicted molar refractivity (Wildman–Crippen MR) is 128 cm³/mol. The molecule has 0 aliphatic rings. The lowest BCUT2D eigenvalue weighted by Gasteiger charge is -2.18. The van der Waals surface area contributed by atoms with Crippen molar-refractivity contribution in [2.75, 3.05) is 6.61 Å². The Bertz CT molecular complexity index is 1210. The van der Waals surface area contributed by atoms with Crippen LogP contribution in [0.3, 0.4) is 0 Å². The van der Waals surface area contributed by atoms with E-state index in [0.717, 1.165) is 5.56 Å². The minimum Gasteiger partial charge on any atom is -0.508 e. The molecule has 3 rings (SSSR count). The van der Waals surface area contributed by atoms with E-state index in [2.05, 4.69) is 10.3 Å². The van der Waals surface area contributed by atoms with E-state index in [0.29, 0.717) is 23.3 Å². The summed E-state index contributed by atoms with van der Waals surface area (Å²) < 4.78 is 38.8. The van der Waals surface area contributed by atoms with Gasteiger partial charge in [0.25, 0.3) is 5.91 Å². The number of aliphatic imine (C=N–C) groups is 1. The minimum absolute atomic E-state index is 0.0267. The topological polar surface area (TPSA) is 123 Å². The van der Waals surface area contributed by atoms with Gasteiger partial charge in [-0.15, -0.1) is 0 Å². The molecule has 1 unspecified atom stereocenters. The van der Waals surface area contributed by atoms with Crippen LogP contribution >= 0.6 is 0 Å². The zero-order valence-electron chi connectivity index (χ0n) is 19.4. The van der Waals surface area contributed by atoms with Crippen molar-refractivity contribution in [3.63, 3.8) is 0 Å². The van der Waals surface area contributed by atoms with Gasteiger partial charge in [0.1, 0.15) is 29.8 Å². The van der Waals surface area contributed by atoms with Crippen molar-refractivity contribution in [2.45, 2.75) is 26.2 Å². The van der Waals surface area contributed by atoms with Crippen LogP contribution in [0.15, 0.2) is 71.7 Å². The highest BCUT2D eigenvalue weighted by atomic mass is 19.1. The lowest BCUT2D eigenvalue weighted by molar-refractivity contribution is -0.133. The SMILES string of the molecule is CCOC(C(=O)NCc1ccc(C(N)=NC(=O)OCc2ccccc2)cc1)c1c(F)cc(O)cc1F. The number of nitrogens with one attached hydrogen (secondary N) is 1. The Morgan fingerprint density at radius 3 is 2.28 bits per heavy atom. The second-order valence-electron chi connectivity index (χ2n) is 7.61. The normalized spacial score (nSPS) is 12.1. The quantitative estimate of drug-likeness (QED) is 0.302. The first kappa shape index (κ1) is 26.3. The van der Waals surface area contributed by atoms with Crippen LogP contribution < -0.4 is 11.1 Å². The highest BCUT2D eigenvalue weighted by Gasteiger charge is 2.28. The zero-order valence-corrected chi connectivity index (χ0v) is 19.4. The van der Waals surface area contributed by atoms with Crippen molar-refractivity contribution in [3.8, 4) is 5.75 Å². The Morgan fingerprint density at radius 1 is 1.03 bits per heavy atom. The summed E-state index contributed by atoms with van der Waals surface area (Å²) in [5, 5.41) is 11.9. The molecule has 3 aromatic rings. The van der Waals surface area contributed by atoms with E-state index in [1.165, 1.54) is 0 Å². The molecule has 188 valence electrons. The summed E-state index contributed by atoms with van der Waals surface area (Å²) in [6.07, 6.45) is -2.37. The third-order valence-electron chi connectivity index (χ3n) is 5.03. The fraction of sp³-hybridized carbons (Fsp3) is 0.192. The van der Waals surface area contributed by atoms with Crippen LogP contribution in [-0.2, 0) is 27.4 Å². The smallest absolute Gasteiger partial charge is 0.435 e. The molecule has 36 heavy (non-hydrogen) atoms. The number of ether oxygens (including phenoxy) is 2. The van der Waals surface area contributed by atoms with Crippen LogP contribution in [0.5, 0.6) is 5.75 Å². The van der Waals surface area contributed by atoms with Crippen LogP contribution in [0.1, 0.15) is 35.3 Å². The van der Waals surface area contributed by atoms with E-state index in [4.69, 9.17) is 15.2 Å². The molecule has 10 heteroatoms. The van der Waals surface area contributed by atoms with Gasteiger partial charge in [-0.1, -0.05) is 54.6 Å². The van der Waals surface area contributed by atoms with Crippen molar-refractivity contribution in [1.29, 1.82) is 0 Å². The number of amides is 2. The molecule has 4 N–H and O–H groups in total. The Labute approximate surface area is 206 Å². The number of amidine groups is 1. The third-order valence-corrected chi connectivity index (χ3v) is 5.03. The Hall–Kier alpha value is -4.31. The van der Waals surface area contributed by atoms with Gasteiger partial charge >= 0.3 is 6.09 Å².